The summed E-state index contributed by atoms with van der Waals surface area (Å²) < 4.78 is 0. The lowest BCUT2D eigenvalue weighted by Crippen LogP contribution is -1.98. The number of nitrogens with zero attached hydrogens (tertiary/aromatic N) is 1. The molecule has 0 saturated carbocycles. The summed E-state index contributed by atoms with van der Waals surface area (Å²) >= 11 is 0. The standard InChI is InChI=1S/C11H13N3/c1-8-3-2-4-9(5-8)10-7-13-14-11(10)6-12/h2-5,7H,6,12H2,1H3,(H,13,14). The number of rotatable bonds is 2. The number of H-pyrrole nitrogens is 1. The van der Waals surface area contributed by atoms with Crippen LogP contribution in [0, 0.1) is 6.92 Å². The Morgan fingerprint density at radius 3 is 3.00 bits per heavy atom. The second-order valence-corrected chi connectivity index (χ2v) is 3.34. The number of nitrogens with one attached hydrogen (secondary N) is 1. The van der Waals surface area contributed by atoms with Crippen LogP contribution in [0.3, 0.4) is 0 Å². The Labute approximate surface area is 83.0 Å². The number of hydrogen-bond acceptors (Lipinski definition) is 2. The Hall–Kier alpha value is -1.61. The first kappa shape index (κ1) is 8.97. The molecule has 1 heterocycles. The molecular formula is C11H13N3. The highest BCUT2D eigenvalue weighted by atomic mass is 15.1. The van der Waals surface area contributed by atoms with Gasteiger partial charge in [0.1, 0.15) is 0 Å². The first-order valence-electron chi connectivity index (χ1n) is 4.60. The van der Waals surface area contributed by atoms with Gasteiger partial charge in [0.15, 0.2) is 0 Å². The van der Waals surface area contributed by atoms with Crippen molar-refractivity contribution in [2.45, 2.75) is 13.5 Å². The molecule has 0 spiro atoms. The van der Waals surface area contributed by atoms with Gasteiger partial charge < -0.3 is 5.73 Å². The number of hydrogen-bond donors (Lipinski definition) is 2. The van der Waals surface area contributed by atoms with Crippen molar-refractivity contribution in [2.24, 2.45) is 5.73 Å². The van der Waals surface area contributed by atoms with Crippen LogP contribution >= 0.6 is 0 Å². The smallest absolute Gasteiger partial charge is 0.0569 e. The average molecular weight is 187 g/mol. The minimum atomic E-state index is 0.489. The maximum Gasteiger partial charge on any atom is 0.0569 e. The highest BCUT2D eigenvalue weighted by molar-refractivity contribution is 5.65. The fourth-order valence-corrected chi connectivity index (χ4v) is 1.53. The van der Waals surface area contributed by atoms with E-state index in [0.717, 1.165) is 11.3 Å². The van der Waals surface area contributed by atoms with Gasteiger partial charge >= 0.3 is 0 Å². The SMILES string of the molecule is Cc1cccc(-c2cn[nH]c2CN)c1. The van der Waals surface area contributed by atoms with E-state index >= 15 is 0 Å². The van der Waals surface area contributed by atoms with Gasteiger partial charge in [-0.25, -0.2) is 0 Å². The maximum atomic E-state index is 5.60. The van der Waals surface area contributed by atoms with Crippen molar-refractivity contribution in [1.29, 1.82) is 0 Å². The van der Waals surface area contributed by atoms with E-state index in [0.29, 0.717) is 6.54 Å². The summed E-state index contributed by atoms with van der Waals surface area (Å²) in [5, 5.41) is 6.89. The zero-order valence-corrected chi connectivity index (χ0v) is 8.12. The Kier molecular flexibility index (Phi) is 2.33. The summed E-state index contributed by atoms with van der Waals surface area (Å²) in [6.45, 7) is 2.56. The van der Waals surface area contributed by atoms with Crippen LogP contribution in [0.15, 0.2) is 30.5 Å². The van der Waals surface area contributed by atoms with Crippen LogP contribution in [-0.2, 0) is 6.54 Å². The van der Waals surface area contributed by atoms with E-state index in [2.05, 4.69) is 35.3 Å². The van der Waals surface area contributed by atoms with Crippen LogP contribution in [0.2, 0.25) is 0 Å². The summed E-state index contributed by atoms with van der Waals surface area (Å²) in [7, 11) is 0. The summed E-state index contributed by atoms with van der Waals surface area (Å²) in [4.78, 5) is 0. The predicted molar refractivity (Wildman–Crippen MR) is 56.7 cm³/mol. The molecule has 0 unspecified atom stereocenters. The van der Waals surface area contributed by atoms with Crippen LogP contribution in [0.4, 0.5) is 0 Å². The zero-order chi connectivity index (χ0) is 9.97. The second kappa shape index (κ2) is 3.64. The molecule has 0 fully saturated rings. The lowest BCUT2D eigenvalue weighted by molar-refractivity contribution is 0.948. The molecule has 0 saturated heterocycles. The van der Waals surface area contributed by atoms with Gasteiger partial charge in [-0.1, -0.05) is 29.8 Å². The molecule has 0 radical (unpaired) electrons. The van der Waals surface area contributed by atoms with Crippen LogP contribution < -0.4 is 5.73 Å². The number of nitrogens with two attached hydrogens (primary N) is 1. The second-order valence-electron chi connectivity index (χ2n) is 3.34. The predicted octanol–water partition coefficient (Wildman–Crippen LogP) is 1.84. The summed E-state index contributed by atoms with van der Waals surface area (Å²) in [6, 6.07) is 8.31. The van der Waals surface area contributed by atoms with Gasteiger partial charge in [0.2, 0.25) is 0 Å². The molecule has 0 aliphatic carbocycles. The summed E-state index contributed by atoms with van der Waals surface area (Å²) in [5.74, 6) is 0. The average Bonchev–Trinajstić information content (AvgIpc) is 2.65. The molecule has 0 bridgehead atoms. The lowest BCUT2D eigenvalue weighted by Gasteiger charge is -2.01. The largest absolute Gasteiger partial charge is 0.325 e. The van der Waals surface area contributed by atoms with Crippen molar-refractivity contribution in [2.75, 3.05) is 0 Å². The summed E-state index contributed by atoms with van der Waals surface area (Å²) in [5.41, 5.74) is 10.1. The van der Waals surface area contributed by atoms with Crippen molar-refractivity contribution in [3.63, 3.8) is 0 Å². The van der Waals surface area contributed by atoms with E-state index in [1.807, 2.05) is 12.3 Å². The van der Waals surface area contributed by atoms with Gasteiger partial charge in [0, 0.05) is 12.1 Å². The van der Waals surface area contributed by atoms with Crippen LogP contribution in [0.25, 0.3) is 11.1 Å². The van der Waals surface area contributed by atoms with E-state index in [1.54, 1.807) is 0 Å². The Morgan fingerprint density at radius 2 is 2.29 bits per heavy atom. The monoisotopic (exact) mass is 187 g/mol. The number of aromatic amines is 1. The van der Waals surface area contributed by atoms with E-state index in [4.69, 9.17) is 5.73 Å². The first-order chi connectivity index (χ1) is 6.81. The minimum Gasteiger partial charge on any atom is -0.325 e. The fraction of sp³-hybridized carbons (Fsp3) is 0.182. The van der Waals surface area contributed by atoms with Crippen molar-refractivity contribution >= 4 is 0 Å². The molecule has 3 heteroatoms. The van der Waals surface area contributed by atoms with E-state index in [-0.39, 0.29) is 0 Å². The third-order valence-corrected chi connectivity index (χ3v) is 2.25. The molecule has 3 nitrogen and oxygen atoms in total. The number of aryl methyl sites for hydroxylation is 1. The molecule has 0 aliphatic heterocycles. The van der Waals surface area contributed by atoms with Crippen molar-refractivity contribution < 1.29 is 0 Å². The third-order valence-electron chi connectivity index (χ3n) is 2.25. The van der Waals surface area contributed by atoms with E-state index < -0.39 is 0 Å². The lowest BCUT2D eigenvalue weighted by atomic mass is 10.0. The third kappa shape index (κ3) is 1.54. The normalized spacial score (nSPS) is 10.4. The zero-order valence-electron chi connectivity index (χ0n) is 8.12. The van der Waals surface area contributed by atoms with Gasteiger partial charge in [-0.2, -0.15) is 5.10 Å². The molecule has 72 valence electrons. The van der Waals surface area contributed by atoms with Crippen molar-refractivity contribution in [1.82, 2.24) is 10.2 Å². The van der Waals surface area contributed by atoms with Gasteiger partial charge in [0.25, 0.3) is 0 Å². The van der Waals surface area contributed by atoms with E-state index in [1.165, 1.54) is 11.1 Å². The Bertz CT molecular complexity index is 432. The molecule has 1 aromatic carbocycles. The van der Waals surface area contributed by atoms with Crippen LogP contribution in [0.1, 0.15) is 11.3 Å². The Balaban J connectivity index is 2.49. The minimum absolute atomic E-state index is 0.489. The first-order valence-corrected chi connectivity index (χ1v) is 4.60. The van der Waals surface area contributed by atoms with Crippen LogP contribution in [0.5, 0.6) is 0 Å². The van der Waals surface area contributed by atoms with Crippen molar-refractivity contribution in [3.8, 4) is 11.1 Å². The molecule has 0 atom stereocenters. The van der Waals surface area contributed by atoms with Crippen LogP contribution in [-0.4, -0.2) is 10.2 Å². The molecule has 2 rings (SSSR count). The molecule has 3 N–H and O–H groups in total. The van der Waals surface area contributed by atoms with Crippen molar-refractivity contribution in [3.05, 3.63) is 41.7 Å². The molecule has 2 aromatic rings. The van der Waals surface area contributed by atoms with Gasteiger partial charge in [-0.05, 0) is 12.5 Å². The van der Waals surface area contributed by atoms with Gasteiger partial charge in [0.05, 0.1) is 11.9 Å². The number of aromatic nitrogens is 2. The quantitative estimate of drug-likeness (QED) is 0.753. The highest BCUT2D eigenvalue weighted by Crippen LogP contribution is 2.22. The number of benzene rings is 1. The molecule has 1 aromatic heterocycles. The topological polar surface area (TPSA) is 54.7 Å². The van der Waals surface area contributed by atoms with E-state index in [9.17, 15) is 0 Å². The Morgan fingerprint density at radius 1 is 1.43 bits per heavy atom. The molecule has 0 aliphatic rings. The molecule has 0 amide bonds. The fourth-order valence-electron chi connectivity index (χ4n) is 1.53. The summed E-state index contributed by atoms with van der Waals surface area (Å²) in [6.07, 6.45) is 1.82. The highest BCUT2D eigenvalue weighted by Gasteiger charge is 2.05. The molecular weight excluding hydrogens is 174 g/mol. The van der Waals surface area contributed by atoms with Gasteiger partial charge in [-0.3, -0.25) is 5.10 Å². The maximum absolute atomic E-state index is 5.60. The van der Waals surface area contributed by atoms with Gasteiger partial charge in [-0.15, -0.1) is 0 Å². The molecule has 14 heavy (non-hydrogen) atoms.